The molecule has 1 aromatic carbocycles. The van der Waals surface area contributed by atoms with Crippen LogP contribution >= 0.6 is 0 Å². The smallest absolute Gasteiger partial charge is 0.407 e. The molecule has 0 aromatic heterocycles. The molecule has 1 rings (SSSR count). The van der Waals surface area contributed by atoms with Crippen LogP contribution in [0.15, 0.2) is 24.3 Å². The summed E-state index contributed by atoms with van der Waals surface area (Å²) in [6, 6.07) is 7.32. The maximum absolute atomic E-state index is 12.0. The monoisotopic (exact) mass is 377 g/mol. The van der Waals surface area contributed by atoms with E-state index in [1.54, 1.807) is 26.8 Å². The largest absolute Gasteiger partial charge is 0.444 e. The van der Waals surface area contributed by atoms with Gasteiger partial charge < -0.3 is 20.7 Å². The number of hydrogen-bond donors (Lipinski definition) is 3. The predicted molar refractivity (Wildman–Crippen MR) is 105 cm³/mol. The highest BCUT2D eigenvalue weighted by atomic mass is 16.6. The van der Waals surface area contributed by atoms with Crippen LogP contribution in [0, 0.1) is 5.41 Å². The second-order valence-corrected chi connectivity index (χ2v) is 8.36. The molecule has 7 heteroatoms. The fraction of sp³-hybridized carbons (Fsp3) is 0.550. The van der Waals surface area contributed by atoms with Crippen LogP contribution in [-0.4, -0.2) is 30.1 Å². The number of alkyl carbamates (subject to hydrolysis) is 1. The van der Waals surface area contributed by atoms with Gasteiger partial charge in [0.05, 0.1) is 0 Å². The molecule has 0 fully saturated rings. The fourth-order valence-electron chi connectivity index (χ4n) is 1.96. The summed E-state index contributed by atoms with van der Waals surface area (Å²) < 4.78 is 5.10. The molecule has 0 aliphatic heterocycles. The van der Waals surface area contributed by atoms with Crippen molar-refractivity contribution in [2.45, 2.75) is 60.1 Å². The van der Waals surface area contributed by atoms with Crippen molar-refractivity contribution in [3.8, 4) is 0 Å². The molecule has 0 unspecified atom stereocenters. The van der Waals surface area contributed by atoms with Crippen molar-refractivity contribution in [3.05, 3.63) is 29.8 Å². The Balaban J connectivity index is 2.41. The first kappa shape index (κ1) is 22.5. The standard InChI is InChI=1S/C20H31N3O4/c1-19(2,3)17(25)23-15-9-7-8-14(12-15)13-22-16(24)10-11-21-18(26)27-20(4,5)6/h7-9,12H,10-11,13H2,1-6H3,(H,21,26)(H,22,24)(H,23,25). The zero-order chi connectivity index (χ0) is 20.7. The number of carbonyl (C=O) groups excluding carboxylic acids is 3. The zero-order valence-corrected chi connectivity index (χ0v) is 17.1. The lowest BCUT2D eigenvalue weighted by atomic mass is 9.95. The average Bonchev–Trinajstić information content (AvgIpc) is 2.50. The third-order valence-electron chi connectivity index (χ3n) is 3.38. The third-order valence-corrected chi connectivity index (χ3v) is 3.38. The maximum atomic E-state index is 12.0. The van der Waals surface area contributed by atoms with Crippen LogP contribution in [0.5, 0.6) is 0 Å². The summed E-state index contributed by atoms with van der Waals surface area (Å²) in [5.41, 5.74) is 0.508. The molecule has 0 bridgehead atoms. The molecule has 0 heterocycles. The Labute approximate surface area is 161 Å². The highest BCUT2D eigenvalue weighted by Gasteiger charge is 2.21. The first-order chi connectivity index (χ1) is 12.4. The van der Waals surface area contributed by atoms with Crippen molar-refractivity contribution in [2.24, 2.45) is 5.41 Å². The van der Waals surface area contributed by atoms with Gasteiger partial charge >= 0.3 is 6.09 Å². The van der Waals surface area contributed by atoms with Crippen LogP contribution in [0.1, 0.15) is 53.5 Å². The van der Waals surface area contributed by atoms with E-state index in [-0.39, 0.29) is 24.8 Å². The van der Waals surface area contributed by atoms with Crippen LogP contribution in [0.2, 0.25) is 0 Å². The summed E-state index contributed by atoms with van der Waals surface area (Å²) in [4.78, 5) is 35.5. The Bertz CT molecular complexity index is 673. The zero-order valence-electron chi connectivity index (χ0n) is 17.1. The third kappa shape index (κ3) is 9.63. The van der Waals surface area contributed by atoms with E-state index < -0.39 is 17.1 Å². The van der Waals surface area contributed by atoms with Crippen molar-refractivity contribution in [2.75, 3.05) is 11.9 Å². The number of anilines is 1. The molecular formula is C20H31N3O4. The van der Waals surface area contributed by atoms with Gasteiger partial charge in [-0.05, 0) is 38.5 Å². The summed E-state index contributed by atoms with van der Waals surface area (Å²) in [6.07, 6.45) is -0.391. The molecule has 7 nitrogen and oxygen atoms in total. The second-order valence-electron chi connectivity index (χ2n) is 8.36. The molecule has 0 saturated heterocycles. The van der Waals surface area contributed by atoms with Crippen LogP contribution in [-0.2, 0) is 20.9 Å². The number of amides is 3. The topological polar surface area (TPSA) is 96.5 Å². The van der Waals surface area contributed by atoms with Gasteiger partial charge in [0, 0.05) is 30.6 Å². The summed E-state index contributed by atoms with van der Waals surface area (Å²) >= 11 is 0. The average molecular weight is 377 g/mol. The van der Waals surface area contributed by atoms with E-state index in [2.05, 4.69) is 16.0 Å². The molecule has 0 radical (unpaired) electrons. The summed E-state index contributed by atoms with van der Waals surface area (Å²) in [5, 5.41) is 8.19. The maximum Gasteiger partial charge on any atom is 0.407 e. The van der Waals surface area contributed by atoms with E-state index in [0.717, 1.165) is 5.56 Å². The molecule has 3 amide bonds. The molecule has 27 heavy (non-hydrogen) atoms. The molecule has 0 atom stereocenters. The molecule has 1 aromatic rings. The lowest BCUT2D eigenvalue weighted by Crippen LogP contribution is -2.35. The van der Waals surface area contributed by atoms with Gasteiger partial charge in [-0.1, -0.05) is 32.9 Å². The first-order valence-corrected chi connectivity index (χ1v) is 9.01. The summed E-state index contributed by atoms with van der Waals surface area (Å²) in [5.74, 6) is -0.257. The minimum atomic E-state index is -0.570. The van der Waals surface area contributed by atoms with E-state index >= 15 is 0 Å². The number of hydrogen-bond acceptors (Lipinski definition) is 4. The Morgan fingerprint density at radius 2 is 1.67 bits per heavy atom. The van der Waals surface area contributed by atoms with Crippen LogP contribution in [0.25, 0.3) is 0 Å². The van der Waals surface area contributed by atoms with E-state index in [1.807, 2.05) is 39.0 Å². The van der Waals surface area contributed by atoms with E-state index in [4.69, 9.17) is 4.74 Å². The molecule has 0 aliphatic carbocycles. The molecule has 0 spiro atoms. The summed E-state index contributed by atoms with van der Waals surface area (Å²) in [6.45, 7) is 11.4. The minimum absolute atomic E-state index is 0.0723. The van der Waals surface area contributed by atoms with Gasteiger partial charge in [-0.2, -0.15) is 0 Å². The number of rotatable bonds is 6. The van der Waals surface area contributed by atoms with Crippen molar-refractivity contribution >= 4 is 23.6 Å². The SMILES string of the molecule is CC(C)(C)OC(=O)NCCC(=O)NCc1cccc(NC(=O)C(C)(C)C)c1. The Morgan fingerprint density at radius 1 is 1.00 bits per heavy atom. The van der Waals surface area contributed by atoms with Gasteiger partial charge in [0.1, 0.15) is 5.60 Å². The molecule has 0 aliphatic rings. The summed E-state index contributed by atoms with van der Waals surface area (Å²) in [7, 11) is 0. The van der Waals surface area contributed by atoms with Crippen LogP contribution < -0.4 is 16.0 Å². The van der Waals surface area contributed by atoms with Crippen molar-refractivity contribution in [1.29, 1.82) is 0 Å². The van der Waals surface area contributed by atoms with E-state index in [9.17, 15) is 14.4 Å². The Morgan fingerprint density at radius 3 is 2.26 bits per heavy atom. The fourth-order valence-corrected chi connectivity index (χ4v) is 1.96. The lowest BCUT2D eigenvalue weighted by Gasteiger charge is -2.19. The number of carbonyl (C=O) groups is 3. The molecule has 3 N–H and O–H groups in total. The number of ether oxygens (including phenoxy) is 1. The van der Waals surface area contributed by atoms with Crippen molar-refractivity contribution in [3.63, 3.8) is 0 Å². The Kier molecular flexibility index (Phi) is 7.82. The van der Waals surface area contributed by atoms with Gasteiger partial charge in [0.25, 0.3) is 0 Å². The quantitative estimate of drug-likeness (QED) is 0.709. The normalized spacial score (nSPS) is 11.5. The molecular weight excluding hydrogens is 346 g/mol. The first-order valence-electron chi connectivity index (χ1n) is 9.01. The highest BCUT2D eigenvalue weighted by molar-refractivity contribution is 5.94. The Hall–Kier alpha value is -2.57. The van der Waals surface area contributed by atoms with Gasteiger partial charge in [0.2, 0.25) is 11.8 Å². The van der Waals surface area contributed by atoms with Crippen LogP contribution in [0.3, 0.4) is 0 Å². The number of nitrogens with one attached hydrogen (secondary N) is 3. The van der Waals surface area contributed by atoms with Crippen molar-refractivity contribution in [1.82, 2.24) is 10.6 Å². The molecule has 0 saturated carbocycles. The van der Waals surface area contributed by atoms with Gasteiger partial charge in [-0.3, -0.25) is 9.59 Å². The van der Waals surface area contributed by atoms with E-state index in [0.29, 0.717) is 12.2 Å². The second kappa shape index (κ2) is 9.39. The van der Waals surface area contributed by atoms with Crippen molar-refractivity contribution < 1.29 is 19.1 Å². The van der Waals surface area contributed by atoms with Gasteiger partial charge in [0.15, 0.2) is 0 Å². The van der Waals surface area contributed by atoms with E-state index in [1.165, 1.54) is 0 Å². The highest BCUT2D eigenvalue weighted by Crippen LogP contribution is 2.18. The van der Waals surface area contributed by atoms with Crippen LogP contribution in [0.4, 0.5) is 10.5 Å². The molecule has 150 valence electrons. The lowest BCUT2D eigenvalue weighted by molar-refractivity contribution is -0.123. The number of benzene rings is 1. The minimum Gasteiger partial charge on any atom is -0.444 e. The predicted octanol–water partition coefficient (Wildman–Crippen LogP) is 3.20. The van der Waals surface area contributed by atoms with Gasteiger partial charge in [-0.15, -0.1) is 0 Å². The van der Waals surface area contributed by atoms with Gasteiger partial charge in [-0.25, -0.2) is 4.79 Å².